The van der Waals surface area contributed by atoms with Gasteiger partial charge >= 0.3 is 5.97 Å². The lowest BCUT2D eigenvalue weighted by atomic mass is 9.93. The maximum Gasteiger partial charge on any atom is 0.356 e. The number of likely N-dealkylation sites (tertiary alicyclic amines) is 1. The van der Waals surface area contributed by atoms with Crippen LogP contribution in [-0.4, -0.2) is 49.9 Å². The molecule has 1 aromatic heterocycles. The van der Waals surface area contributed by atoms with E-state index in [-0.39, 0.29) is 28.5 Å². The zero-order chi connectivity index (χ0) is 21.3. The average Bonchev–Trinajstić information content (AvgIpc) is 3.47. The van der Waals surface area contributed by atoms with E-state index in [1.165, 1.54) is 12.1 Å². The van der Waals surface area contributed by atoms with Crippen LogP contribution in [0, 0.1) is 11.7 Å². The topological polar surface area (TPSA) is 75.4 Å². The number of benzene rings is 1. The zero-order valence-corrected chi connectivity index (χ0v) is 17.3. The molecule has 2 aromatic rings. The summed E-state index contributed by atoms with van der Waals surface area (Å²) in [5.41, 5.74) is 1.46. The van der Waals surface area contributed by atoms with Gasteiger partial charge in [0.25, 0.3) is 0 Å². The van der Waals surface area contributed by atoms with Crippen LogP contribution in [0.4, 0.5) is 4.39 Å². The van der Waals surface area contributed by atoms with Crippen molar-refractivity contribution < 1.29 is 19.1 Å². The number of hydrogen-bond acceptors (Lipinski definition) is 5. The van der Waals surface area contributed by atoms with Crippen molar-refractivity contribution >= 4 is 24.4 Å². The normalized spacial score (nSPS) is 22.2. The summed E-state index contributed by atoms with van der Waals surface area (Å²) in [7, 11) is 0. The average molecular weight is 430 g/mol. The van der Waals surface area contributed by atoms with E-state index in [2.05, 4.69) is 17.7 Å². The molecule has 2 atom stereocenters. The number of piperidine rings is 1. The van der Waals surface area contributed by atoms with Crippen molar-refractivity contribution in [1.82, 2.24) is 14.7 Å². The summed E-state index contributed by atoms with van der Waals surface area (Å²) in [6.07, 6.45) is 6.09. The molecule has 0 amide bonds. The molecule has 158 valence electrons. The Morgan fingerprint density at radius 1 is 1.27 bits per heavy atom. The quantitative estimate of drug-likeness (QED) is 0.521. The summed E-state index contributed by atoms with van der Waals surface area (Å²) >= 11 is 4.68. The van der Waals surface area contributed by atoms with Crippen LogP contribution in [0.1, 0.15) is 41.4 Å². The predicted molar refractivity (Wildman–Crippen MR) is 113 cm³/mol. The third kappa shape index (κ3) is 4.49. The summed E-state index contributed by atoms with van der Waals surface area (Å²) in [6.45, 7) is 1.58. The fourth-order valence-electron chi connectivity index (χ4n) is 3.92. The van der Waals surface area contributed by atoms with Gasteiger partial charge in [0.2, 0.25) is 0 Å². The molecular formula is C22H24FN3O3S. The predicted octanol–water partition coefficient (Wildman–Crippen LogP) is 3.37. The van der Waals surface area contributed by atoms with Crippen molar-refractivity contribution in [2.24, 2.45) is 5.92 Å². The van der Waals surface area contributed by atoms with Crippen LogP contribution >= 0.6 is 12.6 Å². The van der Waals surface area contributed by atoms with Gasteiger partial charge in [0, 0.05) is 36.0 Å². The molecule has 30 heavy (non-hydrogen) atoms. The summed E-state index contributed by atoms with van der Waals surface area (Å²) in [4.78, 5) is 26.1. The third-order valence-corrected chi connectivity index (χ3v) is 6.31. The smallest absolute Gasteiger partial charge is 0.356 e. The van der Waals surface area contributed by atoms with E-state index >= 15 is 0 Å². The van der Waals surface area contributed by atoms with Gasteiger partial charge in [-0.15, -0.1) is 0 Å². The van der Waals surface area contributed by atoms with E-state index in [1.807, 2.05) is 11.0 Å². The number of aromatic carboxylic acids is 1. The van der Waals surface area contributed by atoms with E-state index in [0.717, 1.165) is 24.8 Å². The van der Waals surface area contributed by atoms with Crippen molar-refractivity contribution in [3.05, 3.63) is 65.3 Å². The second kappa shape index (κ2) is 8.73. The Morgan fingerprint density at radius 3 is 2.70 bits per heavy atom. The molecule has 1 saturated carbocycles. The molecule has 1 aliphatic carbocycles. The summed E-state index contributed by atoms with van der Waals surface area (Å²) in [5.74, 6) is -1.30. The number of rotatable bonds is 7. The van der Waals surface area contributed by atoms with Crippen molar-refractivity contribution in [1.29, 1.82) is 0 Å². The van der Waals surface area contributed by atoms with Crippen LogP contribution in [0.25, 0.3) is 0 Å². The fourth-order valence-corrected chi connectivity index (χ4v) is 4.22. The molecule has 1 N–H and O–H groups in total. The Morgan fingerprint density at radius 2 is 2.03 bits per heavy atom. The van der Waals surface area contributed by atoms with Gasteiger partial charge < -0.3 is 5.11 Å². The molecule has 4 rings (SSSR count). The molecule has 1 aromatic carbocycles. The first-order valence-electron chi connectivity index (χ1n) is 10.1. The Kier molecular flexibility index (Phi) is 6.06. The molecule has 0 radical (unpaired) electrons. The molecule has 1 aliphatic heterocycles. The Hall–Kier alpha value is -2.45. The van der Waals surface area contributed by atoms with Gasteiger partial charge in [-0.2, -0.15) is 17.7 Å². The first-order valence-corrected chi connectivity index (χ1v) is 10.6. The molecule has 1 saturated heterocycles. The van der Waals surface area contributed by atoms with E-state index in [4.69, 9.17) is 5.11 Å². The van der Waals surface area contributed by atoms with Crippen LogP contribution in [0.3, 0.4) is 0 Å². The Balaban J connectivity index is 1.55. The second-order valence-electron chi connectivity index (χ2n) is 7.88. The lowest BCUT2D eigenvalue weighted by Gasteiger charge is -2.37. The van der Waals surface area contributed by atoms with E-state index < -0.39 is 12.0 Å². The van der Waals surface area contributed by atoms with E-state index in [0.29, 0.717) is 25.2 Å². The largest absolute Gasteiger partial charge is 0.476 e. The number of halogens is 1. The molecule has 2 heterocycles. The molecule has 2 aliphatic rings. The molecule has 0 bridgehead atoms. The molecular weight excluding hydrogens is 405 g/mol. The lowest BCUT2D eigenvalue weighted by molar-refractivity contribution is -0.126. The third-order valence-electron chi connectivity index (χ3n) is 5.72. The van der Waals surface area contributed by atoms with Crippen molar-refractivity contribution in [3.63, 3.8) is 0 Å². The number of carbonyl (C=O) groups excluding carboxylic acids is 1. The van der Waals surface area contributed by atoms with Gasteiger partial charge in [-0.3, -0.25) is 14.4 Å². The van der Waals surface area contributed by atoms with Gasteiger partial charge in [-0.1, -0.05) is 24.3 Å². The highest BCUT2D eigenvalue weighted by molar-refractivity contribution is 7.81. The van der Waals surface area contributed by atoms with Crippen molar-refractivity contribution in [2.45, 2.75) is 37.1 Å². The van der Waals surface area contributed by atoms with E-state index in [9.17, 15) is 14.0 Å². The zero-order valence-electron chi connectivity index (χ0n) is 16.4. The van der Waals surface area contributed by atoms with Crippen LogP contribution in [0.15, 0.2) is 48.2 Å². The Labute approximate surface area is 179 Å². The van der Waals surface area contributed by atoms with Gasteiger partial charge in [-0.25, -0.2) is 9.18 Å². The summed E-state index contributed by atoms with van der Waals surface area (Å²) < 4.78 is 16.1. The number of ketones is 1. The van der Waals surface area contributed by atoms with Crippen LogP contribution in [0.5, 0.6) is 0 Å². The fraction of sp³-hybridized carbons (Fsp3) is 0.409. The maximum atomic E-state index is 14.6. The molecule has 6 nitrogen and oxygen atoms in total. The van der Waals surface area contributed by atoms with Gasteiger partial charge in [-0.05, 0) is 37.0 Å². The SMILES string of the molecule is O=C(O)c1ccn(C/C=C2\CN(C(C(=O)C3CC3)c3ccccc3F)CCC2S)n1. The number of hydrogen-bond donors (Lipinski definition) is 2. The molecule has 2 fully saturated rings. The second-order valence-corrected chi connectivity index (χ2v) is 8.51. The standard InChI is InChI=1S/C22H24FN3O3S/c23-17-4-2-1-3-16(17)20(21(27)14-5-6-14)25-10-9-19(30)15(13-25)7-11-26-12-8-18(24-26)22(28)29/h1-4,7-8,12,14,19-20,30H,5-6,9-11,13H2,(H,28,29)/b15-7+. The number of Topliss-reactive ketones (excluding diaryl/α,β-unsaturated/α-hetero) is 1. The minimum Gasteiger partial charge on any atom is -0.476 e. The lowest BCUT2D eigenvalue weighted by Crippen LogP contribution is -2.42. The number of carboxylic acid groups (broad SMARTS) is 1. The number of thiol groups is 1. The number of carboxylic acids is 1. The van der Waals surface area contributed by atoms with Gasteiger partial charge in [0.1, 0.15) is 5.82 Å². The van der Waals surface area contributed by atoms with Crippen LogP contribution in [0.2, 0.25) is 0 Å². The maximum absolute atomic E-state index is 14.6. The first-order chi connectivity index (χ1) is 14.4. The summed E-state index contributed by atoms with van der Waals surface area (Å²) in [5, 5.41) is 13.1. The highest BCUT2D eigenvalue weighted by atomic mass is 32.1. The van der Waals surface area contributed by atoms with E-state index in [1.54, 1.807) is 29.1 Å². The highest BCUT2D eigenvalue weighted by Crippen LogP contribution is 2.39. The first kappa shape index (κ1) is 20.8. The number of aromatic nitrogens is 2. The van der Waals surface area contributed by atoms with Gasteiger partial charge in [0.15, 0.2) is 11.5 Å². The molecule has 2 unspecified atom stereocenters. The van der Waals surface area contributed by atoms with Crippen LogP contribution < -0.4 is 0 Å². The van der Waals surface area contributed by atoms with Crippen molar-refractivity contribution in [3.8, 4) is 0 Å². The minimum absolute atomic E-state index is 0.00394. The van der Waals surface area contributed by atoms with Crippen molar-refractivity contribution in [2.75, 3.05) is 13.1 Å². The number of carbonyl (C=O) groups is 2. The molecule has 0 spiro atoms. The summed E-state index contributed by atoms with van der Waals surface area (Å²) in [6, 6.07) is 7.38. The van der Waals surface area contributed by atoms with Crippen LogP contribution in [-0.2, 0) is 11.3 Å². The minimum atomic E-state index is -1.07. The highest BCUT2D eigenvalue weighted by Gasteiger charge is 2.40. The monoisotopic (exact) mass is 429 g/mol. The van der Waals surface area contributed by atoms with Gasteiger partial charge in [0.05, 0.1) is 12.6 Å². The Bertz CT molecular complexity index is 986. The number of nitrogens with zero attached hydrogens (tertiary/aromatic N) is 3. The number of allylic oxidation sites excluding steroid dienone is 1. The molecule has 8 heteroatoms.